The van der Waals surface area contributed by atoms with Crippen molar-refractivity contribution in [3.05, 3.63) is 29.6 Å². The van der Waals surface area contributed by atoms with Crippen LogP contribution in [0.2, 0.25) is 0 Å². The third-order valence-electron chi connectivity index (χ3n) is 2.68. The summed E-state index contributed by atoms with van der Waals surface area (Å²) in [5.74, 6) is -2.39. The second kappa shape index (κ2) is 7.83. The van der Waals surface area contributed by atoms with Crippen LogP contribution in [0.5, 0.6) is 0 Å². The molecule has 2 amide bonds. The van der Waals surface area contributed by atoms with Crippen molar-refractivity contribution < 1.29 is 24.6 Å². The third-order valence-corrected chi connectivity index (χ3v) is 2.68. The SMILES string of the molecule is Cc1ccc(CNC(=O)NC(CCC(=O)O)C(=O)O)cn1. The molecule has 1 aromatic rings. The van der Waals surface area contributed by atoms with Gasteiger partial charge in [-0.2, -0.15) is 0 Å². The molecular weight excluding hydrogens is 278 g/mol. The van der Waals surface area contributed by atoms with Crippen LogP contribution in [0.25, 0.3) is 0 Å². The Labute approximate surface area is 121 Å². The molecule has 0 fully saturated rings. The number of carboxylic acids is 2. The van der Waals surface area contributed by atoms with E-state index in [4.69, 9.17) is 10.2 Å². The van der Waals surface area contributed by atoms with E-state index in [1.165, 1.54) is 0 Å². The Bertz CT molecular complexity index is 515. The highest BCUT2D eigenvalue weighted by Crippen LogP contribution is 2.00. The normalized spacial score (nSPS) is 11.5. The summed E-state index contributed by atoms with van der Waals surface area (Å²) in [7, 11) is 0. The molecule has 1 atom stereocenters. The molecule has 1 aromatic heterocycles. The number of rotatable bonds is 7. The van der Waals surface area contributed by atoms with Gasteiger partial charge in [0, 0.05) is 24.9 Å². The van der Waals surface area contributed by atoms with Crippen molar-refractivity contribution in [2.45, 2.75) is 32.4 Å². The van der Waals surface area contributed by atoms with Crippen LogP contribution >= 0.6 is 0 Å². The van der Waals surface area contributed by atoms with Gasteiger partial charge in [-0.1, -0.05) is 6.07 Å². The molecule has 0 saturated heterocycles. The van der Waals surface area contributed by atoms with E-state index in [2.05, 4.69) is 15.6 Å². The standard InChI is InChI=1S/C13H17N3O5/c1-8-2-3-9(6-14-8)7-15-13(21)16-10(12(19)20)4-5-11(17)18/h2-3,6,10H,4-5,7H2,1H3,(H,17,18)(H,19,20)(H2,15,16,21). The molecule has 8 heteroatoms. The highest BCUT2D eigenvalue weighted by Gasteiger charge is 2.20. The van der Waals surface area contributed by atoms with Crippen molar-refractivity contribution in [2.75, 3.05) is 0 Å². The summed E-state index contributed by atoms with van der Waals surface area (Å²) in [6.45, 7) is 2.04. The topological polar surface area (TPSA) is 129 Å². The number of urea groups is 1. The molecule has 0 aliphatic carbocycles. The summed E-state index contributed by atoms with van der Waals surface area (Å²) in [4.78, 5) is 37.0. The van der Waals surface area contributed by atoms with Crippen LogP contribution in [-0.4, -0.2) is 39.2 Å². The molecule has 114 valence electrons. The molecule has 0 aliphatic rings. The molecule has 0 bridgehead atoms. The van der Waals surface area contributed by atoms with Crippen molar-refractivity contribution in [1.82, 2.24) is 15.6 Å². The van der Waals surface area contributed by atoms with E-state index in [0.29, 0.717) is 0 Å². The van der Waals surface area contributed by atoms with Gasteiger partial charge in [-0.25, -0.2) is 9.59 Å². The molecule has 0 aliphatic heterocycles. The molecule has 0 spiro atoms. The summed E-state index contributed by atoms with van der Waals surface area (Å²) in [5, 5.41) is 22.1. The molecule has 21 heavy (non-hydrogen) atoms. The van der Waals surface area contributed by atoms with E-state index in [1.807, 2.05) is 6.92 Å². The van der Waals surface area contributed by atoms with E-state index in [-0.39, 0.29) is 19.4 Å². The van der Waals surface area contributed by atoms with Crippen molar-refractivity contribution in [2.24, 2.45) is 0 Å². The maximum Gasteiger partial charge on any atom is 0.326 e. The molecule has 1 rings (SSSR count). The Hall–Kier alpha value is -2.64. The Morgan fingerprint density at radius 2 is 2.00 bits per heavy atom. The number of aliphatic carboxylic acids is 2. The van der Waals surface area contributed by atoms with Gasteiger partial charge >= 0.3 is 18.0 Å². The first-order valence-corrected chi connectivity index (χ1v) is 6.29. The molecule has 0 radical (unpaired) electrons. The van der Waals surface area contributed by atoms with Gasteiger partial charge in [-0.05, 0) is 25.0 Å². The largest absolute Gasteiger partial charge is 0.481 e. The fourth-order valence-electron chi connectivity index (χ4n) is 1.52. The maximum atomic E-state index is 11.6. The van der Waals surface area contributed by atoms with Crippen LogP contribution < -0.4 is 10.6 Å². The second-order valence-corrected chi connectivity index (χ2v) is 4.46. The van der Waals surface area contributed by atoms with Gasteiger partial charge < -0.3 is 20.8 Å². The molecule has 0 aromatic carbocycles. The predicted octanol–water partition coefficient (Wildman–Crippen LogP) is 0.507. The first kappa shape index (κ1) is 16.4. The molecule has 4 N–H and O–H groups in total. The lowest BCUT2D eigenvalue weighted by molar-refractivity contribution is -0.140. The Kier molecular flexibility index (Phi) is 6.12. The monoisotopic (exact) mass is 295 g/mol. The Morgan fingerprint density at radius 1 is 1.29 bits per heavy atom. The minimum Gasteiger partial charge on any atom is -0.481 e. The molecule has 1 heterocycles. The predicted molar refractivity (Wildman–Crippen MR) is 72.6 cm³/mol. The fourth-order valence-corrected chi connectivity index (χ4v) is 1.52. The van der Waals surface area contributed by atoms with Crippen molar-refractivity contribution >= 4 is 18.0 Å². The number of hydrogen-bond donors (Lipinski definition) is 4. The van der Waals surface area contributed by atoms with E-state index < -0.39 is 24.0 Å². The quantitative estimate of drug-likeness (QED) is 0.580. The lowest BCUT2D eigenvalue weighted by Gasteiger charge is -2.14. The van der Waals surface area contributed by atoms with Crippen molar-refractivity contribution in [3.8, 4) is 0 Å². The van der Waals surface area contributed by atoms with Crippen LogP contribution in [0, 0.1) is 6.92 Å². The zero-order chi connectivity index (χ0) is 15.8. The van der Waals surface area contributed by atoms with E-state index in [1.54, 1.807) is 18.3 Å². The molecule has 8 nitrogen and oxygen atoms in total. The summed E-state index contributed by atoms with van der Waals surface area (Å²) in [6.07, 6.45) is 1.10. The number of amides is 2. The lowest BCUT2D eigenvalue weighted by atomic mass is 10.1. The number of nitrogens with one attached hydrogen (secondary N) is 2. The van der Waals surface area contributed by atoms with Gasteiger partial charge in [0.25, 0.3) is 0 Å². The smallest absolute Gasteiger partial charge is 0.326 e. The Morgan fingerprint density at radius 3 is 2.52 bits per heavy atom. The average Bonchev–Trinajstić information content (AvgIpc) is 2.42. The van der Waals surface area contributed by atoms with Gasteiger partial charge in [0.05, 0.1) is 0 Å². The number of carbonyl (C=O) groups excluding carboxylic acids is 1. The van der Waals surface area contributed by atoms with Gasteiger partial charge in [-0.15, -0.1) is 0 Å². The number of hydrogen-bond acceptors (Lipinski definition) is 4. The van der Waals surface area contributed by atoms with Gasteiger partial charge in [0.1, 0.15) is 6.04 Å². The van der Waals surface area contributed by atoms with Gasteiger partial charge in [-0.3, -0.25) is 9.78 Å². The number of carbonyl (C=O) groups is 3. The number of nitrogens with zero attached hydrogens (tertiary/aromatic N) is 1. The van der Waals surface area contributed by atoms with Gasteiger partial charge in [0.15, 0.2) is 0 Å². The summed E-state index contributed by atoms with van der Waals surface area (Å²) in [5.41, 5.74) is 1.62. The minimum absolute atomic E-state index is 0.176. The summed E-state index contributed by atoms with van der Waals surface area (Å²) in [6, 6.07) is 1.68. The first-order chi connectivity index (χ1) is 9.88. The van der Waals surface area contributed by atoms with E-state index in [9.17, 15) is 14.4 Å². The number of pyridine rings is 1. The highest BCUT2D eigenvalue weighted by molar-refractivity contribution is 5.82. The van der Waals surface area contributed by atoms with Crippen molar-refractivity contribution in [3.63, 3.8) is 0 Å². The van der Waals surface area contributed by atoms with E-state index >= 15 is 0 Å². The second-order valence-electron chi connectivity index (χ2n) is 4.46. The van der Waals surface area contributed by atoms with Crippen LogP contribution in [0.1, 0.15) is 24.1 Å². The van der Waals surface area contributed by atoms with Crippen molar-refractivity contribution in [1.29, 1.82) is 0 Å². The highest BCUT2D eigenvalue weighted by atomic mass is 16.4. The lowest BCUT2D eigenvalue weighted by Crippen LogP contribution is -2.46. The Balaban J connectivity index is 2.44. The summed E-state index contributed by atoms with van der Waals surface area (Å²) < 4.78 is 0. The first-order valence-electron chi connectivity index (χ1n) is 6.29. The average molecular weight is 295 g/mol. The van der Waals surface area contributed by atoms with Crippen LogP contribution in [0.4, 0.5) is 4.79 Å². The minimum atomic E-state index is -1.27. The number of aromatic nitrogens is 1. The maximum absolute atomic E-state index is 11.6. The molecule has 0 saturated carbocycles. The van der Waals surface area contributed by atoms with Crippen LogP contribution in [-0.2, 0) is 16.1 Å². The molecular formula is C13H17N3O5. The van der Waals surface area contributed by atoms with E-state index in [0.717, 1.165) is 11.3 Å². The third kappa shape index (κ3) is 6.37. The van der Waals surface area contributed by atoms with Crippen LogP contribution in [0.15, 0.2) is 18.3 Å². The zero-order valence-corrected chi connectivity index (χ0v) is 11.5. The van der Waals surface area contributed by atoms with Gasteiger partial charge in [0.2, 0.25) is 0 Å². The summed E-state index contributed by atoms with van der Waals surface area (Å²) >= 11 is 0. The van der Waals surface area contributed by atoms with Crippen LogP contribution in [0.3, 0.4) is 0 Å². The number of aryl methyl sites for hydroxylation is 1. The number of carboxylic acid groups (broad SMARTS) is 2. The fraction of sp³-hybridized carbons (Fsp3) is 0.385. The zero-order valence-electron chi connectivity index (χ0n) is 11.5. The molecule has 1 unspecified atom stereocenters.